The van der Waals surface area contributed by atoms with Crippen molar-refractivity contribution >= 4 is 28.1 Å². The van der Waals surface area contributed by atoms with Crippen LogP contribution in [0.3, 0.4) is 0 Å². The van der Waals surface area contributed by atoms with E-state index in [1.54, 1.807) is 31.2 Å². The Morgan fingerprint density at radius 1 is 1.45 bits per heavy atom. The molecule has 0 bridgehead atoms. The first kappa shape index (κ1) is 16.1. The summed E-state index contributed by atoms with van der Waals surface area (Å²) in [6.45, 7) is 1.34. The van der Waals surface area contributed by atoms with Gasteiger partial charge in [0.05, 0.1) is 24.1 Å². The van der Waals surface area contributed by atoms with Gasteiger partial charge in [-0.25, -0.2) is 5.43 Å². The molecule has 0 aliphatic heterocycles. The normalized spacial score (nSPS) is 10.9. The molecule has 2 aromatic rings. The Hall–Kier alpha value is -2.25. The highest BCUT2D eigenvalue weighted by Crippen LogP contribution is 2.21. The van der Waals surface area contributed by atoms with Crippen molar-refractivity contribution in [3.05, 3.63) is 57.3 Å². The molecule has 1 amide bonds. The number of hydrogen-bond donors (Lipinski definition) is 3. The molecule has 1 aromatic heterocycles. The minimum absolute atomic E-state index is 0.0783. The molecule has 0 fully saturated rings. The number of pyridine rings is 1. The van der Waals surface area contributed by atoms with Gasteiger partial charge in [0, 0.05) is 21.8 Å². The molecule has 1 aromatic carbocycles. The lowest BCUT2D eigenvalue weighted by molar-refractivity contribution is 0.0954. The van der Waals surface area contributed by atoms with E-state index < -0.39 is 0 Å². The van der Waals surface area contributed by atoms with Crippen LogP contribution in [-0.4, -0.2) is 27.3 Å². The fourth-order valence-corrected chi connectivity index (χ4v) is 2.25. The highest BCUT2D eigenvalue weighted by Gasteiger charge is 2.10. The number of aliphatic hydroxyl groups excluding tert-OH is 1. The Balaban J connectivity index is 2.19. The van der Waals surface area contributed by atoms with E-state index in [9.17, 15) is 15.0 Å². The quantitative estimate of drug-likeness (QED) is 0.572. The summed E-state index contributed by atoms with van der Waals surface area (Å²) >= 11 is 3.28. The molecule has 0 radical (unpaired) electrons. The molecular weight excluding hydrogens is 350 g/mol. The van der Waals surface area contributed by atoms with Crippen molar-refractivity contribution in [3.8, 4) is 5.75 Å². The van der Waals surface area contributed by atoms with Gasteiger partial charge in [0.2, 0.25) is 0 Å². The van der Waals surface area contributed by atoms with E-state index in [-0.39, 0.29) is 18.3 Å². The van der Waals surface area contributed by atoms with Crippen molar-refractivity contribution in [3.63, 3.8) is 0 Å². The maximum absolute atomic E-state index is 12.0. The number of rotatable bonds is 4. The molecule has 0 spiro atoms. The Morgan fingerprint density at radius 3 is 2.86 bits per heavy atom. The van der Waals surface area contributed by atoms with Gasteiger partial charge in [-0.2, -0.15) is 5.10 Å². The minimum Gasteiger partial charge on any atom is -0.505 e. The van der Waals surface area contributed by atoms with E-state index >= 15 is 0 Å². The van der Waals surface area contributed by atoms with Gasteiger partial charge in [-0.3, -0.25) is 9.78 Å². The van der Waals surface area contributed by atoms with Gasteiger partial charge in [0.1, 0.15) is 5.75 Å². The van der Waals surface area contributed by atoms with Crippen molar-refractivity contribution in [2.45, 2.75) is 13.5 Å². The summed E-state index contributed by atoms with van der Waals surface area (Å²) in [6, 6.07) is 6.95. The molecule has 114 valence electrons. The van der Waals surface area contributed by atoms with Crippen LogP contribution in [0.1, 0.15) is 27.2 Å². The number of aliphatic hydroxyl groups is 1. The number of hydrogen-bond acceptors (Lipinski definition) is 5. The lowest BCUT2D eigenvalue weighted by Crippen LogP contribution is -2.18. The first-order valence-electron chi connectivity index (χ1n) is 6.40. The SMILES string of the molecule is Cc1ncc(CO)c(/C=N/NC(=O)c2ccccc2Br)c1O. The van der Waals surface area contributed by atoms with E-state index in [2.05, 4.69) is 31.4 Å². The van der Waals surface area contributed by atoms with Crippen LogP contribution in [0, 0.1) is 6.92 Å². The summed E-state index contributed by atoms with van der Waals surface area (Å²) < 4.78 is 0.654. The molecule has 0 saturated carbocycles. The standard InChI is InChI=1S/C15H14BrN3O3/c1-9-14(21)12(10(8-20)6-17-9)7-18-19-15(22)11-4-2-3-5-13(11)16/h2-7,20-21H,8H2,1H3,(H,19,22)/b18-7+. The van der Waals surface area contributed by atoms with Crippen LogP contribution in [0.25, 0.3) is 0 Å². The summed E-state index contributed by atoms with van der Waals surface area (Å²) in [5, 5.41) is 23.0. The number of hydrazone groups is 1. The van der Waals surface area contributed by atoms with Crippen molar-refractivity contribution in [2.24, 2.45) is 5.10 Å². The number of amides is 1. The number of aryl methyl sites for hydroxylation is 1. The molecule has 0 aliphatic carbocycles. The maximum atomic E-state index is 12.0. The molecule has 0 aliphatic rings. The van der Waals surface area contributed by atoms with E-state index in [1.807, 2.05) is 0 Å². The summed E-state index contributed by atoms with van der Waals surface area (Å²) in [7, 11) is 0. The molecule has 3 N–H and O–H groups in total. The number of aromatic nitrogens is 1. The molecule has 7 heteroatoms. The van der Waals surface area contributed by atoms with Crippen LogP contribution < -0.4 is 5.43 Å². The third-order valence-electron chi connectivity index (χ3n) is 3.01. The van der Waals surface area contributed by atoms with Crippen LogP contribution in [0.5, 0.6) is 5.75 Å². The van der Waals surface area contributed by atoms with E-state index in [1.165, 1.54) is 12.4 Å². The Morgan fingerprint density at radius 2 is 2.18 bits per heavy atom. The van der Waals surface area contributed by atoms with Gasteiger partial charge in [0.25, 0.3) is 5.91 Å². The van der Waals surface area contributed by atoms with Gasteiger partial charge >= 0.3 is 0 Å². The van der Waals surface area contributed by atoms with E-state index in [0.717, 1.165) is 0 Å². The first-order valence-corrected chi connectivity index (χ1v) is 7.20. The molecule has 6 nitrogen and oxygen atoms in total. The topological polar surface area (TPSA) is 94.8 Å². The zero-order valence-corrected chi connectivity index (χ0v) is 13.3. The zero-order chi connectivity index (χ0) is 16.1. The van der Waals surface area contributed by atoms with Gasteiger partial charge in [-0.05, 0) is 35.0 Å². The monoisotopic (exact) mass is 363 g/mol. The molecule has 0 unspecified atom stereocenters. The first-order chi connectivity index (χ1) is 10.5. The van der Waals surface area contributed by atoms with Gasteiger partial charge in [-0.15, -0.1) is 0 Å². The predicted octanol–water partition coefficient (Wildman–Crippen LogP) is 2.11. The van der Waals surface area contributed by atoms with Gasteiger partial charge < -0.3 is 10.2 Å². The van der Waals surface area contributed by atoms with Crippen LogP contribution in [0.4, 0.5) is 0 Å². The smallest absolute Gasteiger partial charge is 0.272 e. The molecule has 0 atom stereocenters. The van der Waals surface area contributed by atoms with Crippen LogP contribution in [0.2, 0.25) is 0 Å². The number of nitrogens with one attached hydrogen (secondary N) is 1. The summed E-state index contributed by atoms with van der Waals surface area (Å²) in [6.07, 6.45) is 2.73. The molecule has 2 rings (SSSR count). The molecular formula is C15H14BrN3O3. The van der Waals surface area contributed by atoms with Crippen molar-refractivity contribution in [2.75, 3.05) is 0 Å². The Bertz CT molecular complexity index is 732. The highest BCUT2D eigenvalue weighted by molar-refractivity contribution is 9.10. The second-order valence-electron chi connectivity index (χ2n) is 4.47. The third-order valence-corrected chi connectivity index (χ3v) is 3.70. The van der Waals surface area contributed by atoms with Crippen molar-refractivity contribution in [1.82, 2.24) is 10.4 Å². The number of carbonyl (C=O) groups is 1. The Labute approximate surface area is 135 Å². The van der Waals surface area contributed by atoms with Crippen molar-refractivity contribution in [1.29, 1.82) is 0 Å². The van der Waals surface area contributed by atoms with E-state index in [4.69, 9.17) is 0 Å². The van der Waals surface area contributed by atoms with E-state index in [0.29, 0.717) is 26.9 Å². The average Bonchev–Trinajstić information content (AvgIpc) is 2.52. The molecule has 22 heavy (non-hydrogen) atoms. The lowest BCUT2D eigenvalue weighted by atomic mass is 10.1. The number of aromatic hydroxyl groups is 1. The molecule has 1 heterocycles. The highest BCUT2D eigenvalue weighted by atomic mass is 79.9. The van der Waals surface area contributed by atoms with Gasteiger partial charge in [-0.1, -0.05) is 12.1 Å². The number of nitrogens with zero attached hydrogens (tertiary/aromatic N) is 2. The summed E-state index contributed by atoms with van der Waals surface area (Å²) in [5.41, 5.74) is 3.97. The second kappa shape index (κ2) is 7.15. The van der Waals surface area contributed by atoms with Crippen LogP contribution >= 0.6 is 15.9 Å². The maximum Gasteiger partial charge on any atom is 0.272 e. The fourth-order valence-electron chi connectivity index (χ4n) is 1.78. The minimum atomic E-state index is -0.389. The van der Waals surface area contributed by atoms with Crippen LogP contribution in [0.15, 0.2) is 40.0 Å². The zero-order valence-electron chi connectivity index (χ0n) is 11.7. The molecule has 0 saturated heterocycles. The lowest BCUT2D eigenvalue weighted by Gasteiger charge is -2.07. The average molecular weight is 364 g/mol. The number of benzene rings is 1. The Kier molecular flexibility index (Phi) is 5.24. The number of carbonyl (C=O) groups excluding carboxylic acids is 1. The van der Waals surface area contributed by atoms with Gasteiger partial charge in [0.15, 0.2) is 0 Å². The largest absolute Gasteiger partial charge is 0.505 e. The summed E-state index contributed by atoms with van der Waals surface area (Å²) in [4.78, 5) is 15.9. The third kappa shape index (κ3) is 3.49. The number of halogens is 1. The second-order valence-corrected chi connectivity index (χ2v) is 5.32. The summed E-state index contributed by atoms with van der Waals surface area (Å²) in [5.74, 6) is -0.468. The van der Waals surface area contributed by atoms with Crippen LogP contribution in [-0.2, 0) is 6.61 Å². The van der Waals surface area contributed by atoms with Crippen molar-refractivity contribution < 1.29 is 15.0 Å². The fraction of sp³-hybridized carbons (Fsp3) is 0.133. The predicted molar refractivity (Wildman–Crippen MR) is 85.8 cm³/mol.